The number of rotatable bonds is 4. The van der Waals surface area contributed by atoms with Gasteiger partial charge < -0.3 is 16.2 Å². The number of nitrogens with two attached hydrogens (primary N) is 1. The molecular formula is C7H12N4O2. The van der Waals surface area contributed by atoms with E-state index in [0.29, 0.717) is 18.1 Å². The van der Waals surface area contributed by atoms with Gasteiger partial charge in [0.15, 0.2) is 0 Å². The van der Waals surface area contributed by atoms with E-state index in [2.05, 4.69) is 10.4 Å². The molecule has 0 bridgehead atoms. The molecule has 0 fully saturated rings. The summed E-state index contributed by atoms with van der Waals surface area (Å²) in [6.45, 7) is 2.40. The maximum atomic E-state index is 10.4. The van der Waals surface area contributed by atoms with E-state index in [-0.39, 0.29) is 6.54 Å². The first kappa shape index (κ1) is 9.37. The van der Waals surface area contributed by atoms with E-state index < -0.39 is 5.97 Å². The lowest BCUT2D eigenvalue weighted by Gasteiger charge is -2.06. The number of carboxylic acid groups (broad SMARTS) is 1. The summed E-state index contributed by atoms with van der Waals surface area (Å²) >= 11 is 0. The summed E-state index contributed by atoms with van der Waals surface area (Å²) in [4.78, 5) is 10.4. The third kappa shape index (κ3) is 2.11. The first-order valence-corrected chi connectivity index (χ1v) is 3.92. The Hall–Kier alpha value is -1.72. The Morgan fingerprint density at radius 3 is 3.08 bits per heavy atom. The topological polar surface area (TPSA) is 93.2 Å². The van der Waals surface area contributed by atoms with Gasteiger partial charge in [-0.25, -0.2) is 4.68 Å². The minimum Gasteiger partial charge on any atom is -0.480 e. The average Bonchev–Trinajstić information content (AvgIpc) is 2.35. The van der Waals surface area contributed by atoms with Gasteiger partial charge in [0.2, 0.25) is 0 Å². The summed E-state index contributed by atoms with van der Waals surface area (Å²) < 4.78 is 1.32. The quantitative estimate of drug-likeness (QED) is 0.611. The minimum atomic E-state index is -0.942. The lowest BCUT2D eigenvalue weighted by Crippen LogP contribution is -2.14. The van der Waals surface area contributed by atoms with Gasteiger partial charge in [0.1, 0.15) is 12.4 Å². The molecule has 13 heavy (non-hydrogen) atoms. The highest BCUT2D eigenvalue weighted by Gasteiger charge is 2.09. The molecule has 1 aromatic heterocycles. The molecule has 0 aliphatic rings. The Morgan fingerprint density at radius 1 is 1.85 bits per heavy atom. The summed E-state index contributed by atoms with van der Waals surface area (Å²) in [7, 11) is 0. The molecule has 1 rings (SSSR count). The number of aliphatic carboxylic acids is 1. The first-order valence-electron chi connectivity index (χ1n) is 3.92. The van der Waals surface area contributed by atoms with Crippen molar-refractivity contribution in [1.82, 2.24) is 9.78 Å². The van der Waals surface area contributed by atoms with Crippen molar-refractivity contribution in [3.8, 4) is 0 Å². The summed E-state index contributed by atoms with van der Waals surface area (Å²) in [6.07, 6.45) is 1.43. The standard InChI is InChI=1S/C7H12N4O2/c1-2-9-7-5(8)3-10-11(7)4-6(12)13/h3,9H,2,4,8H2,1H3,(H,12,13). The van der Waals surface area contributed by atoms with E-state index in [1.165, 1.54) is 10.9 Å². The van der Waals surface area contributed by atoms with Crippen LogP contribution >= 0.6 is 0 Å². The zero-order valence-electron chi connectivity index (χ0n) is 7.32. The van der Waals surface area contributed by atoms with Crippen molar-refractivity contribution in [3.05, 3.63) is 6.20 Å². The van der Waals surface area contributed by atoms with E-state index in [4.69, 9.17) is 10.8 Å². The van der Waals surface area contributed by atoms with E-state index >= 15 is 0 Å². The molecule has 0 radical (unpaired) electrons. The number of hydrogen-bond acceptors (Lipinski definition) is 4. The highest BCUT2D eigenvalue weighted by Crippen LogP contribution is 2.16. The van der Waals surface area contributed by atoms with Crippen molar-refractivity contribution in [1.29, 1.82) is 0 Å². The SMILES string of the molecule is CCNc1c(N)cnn1CC(=O)O. The molecule has 4 N–H and O–H groups in total. The fraction of sp³-hybridized carbons (Fsp3) is 0.429. The zero-order valence-corrected chi connectivity index (χ0v) is 7.32. The van der Waals surface area contributed by atoms with E-state index in [9.17, 15) is 4.79 Å². The van der Waals surface area contributed by atoms with Gasteiger partial charge in [-0.15, -0.1) is 0 Å². The number of aromatic nitrogens is 2. The highest BCUT2D eigenvalue weighted by molar-refractivity contribution is 5.69. The number of carbonyl (C=O) groups is 1. The van der Waals surface area contributed by atoms with Crippen molar-refractivity contribution in [3.63, 3.8) is 0 Å². The Morgan fingerprint density at radius 2 is 2.54 bits per heavy atom. The van der Waals surface area contributed by atoms with Crippen LogP contribution < -0.4 is 11.1 Å². The molecule has 72 valence electrons. The van der Waals surface area contributed by atoms with Gasteiger partial charge in [0.05, 0.1) is 11.9 Å². The van der Waals surface area contributed by atoms with Crippen LogP contribution in [0, 0.1) is 0 Å². The lowest BCUT2D eigenvalue weighted by atomic mass is 10.5. The Bertz CT molecular complexity index is 307. The van der Waals surface area contributed by atoms with Crippen LogP contribution in [-0.4, -0.2) is 27.4 Å². The van der Waals surface area contributed by atoms with Gasteiger partial charge in [0.25, 0.3) is 0 Å². The average molecular weight is 184 g/mol. The normalized spacial score (nSPS) is 9.92. The van der Waals surface area contributed by atoms with Gasteiger partial charge in [-0.05, 0) is 6.92 Å². The maximum Gasteiger partial charge on any atom is 0.325 e. The fourth-order valence-electron chi connectivity index (χ4n) is 1.01. The molecule has 0 aliphatic heterocycles. The second kappa shape index (κ2) is 3.79. The van der Waals surface area contributed by atoms with Gasteiger partial charge in [-0.1, -0.05) is 0 Å². The predicted octanol–water partition coefficient (Wildman–Crippen LogP) is -0.0183. The molecular weight excluding hydrogens is 172 g/mol. The second-order valence-electron chi connectivity index (χ2n) is 2.53. The molecule has 0 saturated heterocycles. The molecule has 0 saturated carbocycles. The van der Waals surface area contributed by atoms with Crippen LogP contribution in [0.15, 0.2) is 6.20 Å². The lowest BCUT2D eigenvalue weighted by molar-refractivity contribution is -0.137. The number of nitrogen functional groups attached to an aromatic ring is 1. The van der Waals surface area contributed by atoms with Crippen molar-refractivity contribution >= 4 is 17.5 Å². The monoisotopic (exact) mass is 184 g/mol. The van der Waals surface area contributed by atoms with E-state index in [1.807, 2.05) is 6.92 Å². The fourth-order valence-corrected chi connectivity index (χ4v) is 1.01. The number of nitrogens with one attached hydrogen (secondary N) is 1. The number of nitrogens with zero attached hydrogens (tertiary/aromatic N) is 2. The molecule has 0 aromatic carbocycles. The molecule has 0 atom stereocenters. The molecule has 0 aliphatic carbocycles. The third-order valence-electron chi connectivity index (χ3n) is 1.50. The van der Waals surface area contributed by atoms with Crippen LogP contribution in [-0.2, 0) is 11.3 Å². The van der Waals surface area contributed by atoms with E-state index in [1.54, 1.807) is 0 Å². The van der Waals surface area contributed by atoms with Crippen LogP contribution in [0.4, 0.5) is 11.5 Å². The van der Waals surface area contributed by atoms with Crippen LogP contribution in [0.1, 0.15) is 6.92 Å². The molecule has 6 heteroatoms. The van der Waals surface area contributed by atoms with Crippen molar-refractivity contribution in [2.24, 2.45) is 0 Å². The smallest absolute Gasteiger partial charge is 0.325 e. The second-order valence-corrected chi connectivity index (χ2v) is 2.53. The Kier molecular flexibility index (Phi) is 2.73. The number of hydrogen-bond donors (Lipinski definition) is 3. The molecule has 1 heterocycles. The van der Waals surface area contributed by atoms with Crippen LogP contribution in [0.5, 0.6) is 0 Å². The molecule has 0 amide bonds. The summed E-state index contributed by atoms with van der Waals surface area (Å²) in [5.41, 5.74) is 6.03. The molecule has 0 unspecified atom stereocenters. The minimum absolute atomic E-state index is 0.181. The van der Waals surface area contributed by atoms with Crippen molar-refractivity contribution in [2.45, 2.75) is 13.5 Å². The number of anilines is 2. The first-order chi connectivity index (χ1) is 6.15. The van der Waals surface area contributed by atoms with Gasteiger partial charge >= 0.3 is 5.97 Å². The Balaban J connectivity index is 2.86. The number of carboxylic acids is 1. The maximum absolute atomic E-state index is 10.4. The Labute approximate surface area is 75.3 Å². The molecule has 6 nitrogen and oxygen atoms in total. The predicted molar refractivity (Wildman–Crippen MR) is 48.4 cm³/mol. The summed E-state index contributed by atoms with van der Waals surface area (Å²) in [6, 6.07) is 0. The van der Waals surface area contributed by atoms with Crippen LogP contribution in [0.2, 0.25) is 0 Å². The summed E-state index contributed by atoms with van der Waals surface area (Å²) in [5.74, 6) is -0.382. The zero-order chi connectivity index (χ0) is 9.84. The van der Waals surface area contributed by atoms with Gasteiger partial charge in [-0.2, -0.15) is 5.10 Å². The highest BCUT2D eigenvalue weighted by atomic mass is 16.4. The van der Waals surface area contributed by atoms with E-state index in [0.717, 1.165) is 0 Å². The largest absolute Gasteiger partial charge is 0.480 e. The summed E-state index contributed by atoms with van der Waals surface area (Å²) in [5, 5.41) is 15.3. The van der Waals surface area contributed by atoms with Crippen LogP contribution in [0.3, 0.4) is 0 Å². The molecule has 0 spiro atoms. The van der Waals surface area contributed by atoms with Gasteiger partial charge in [-0.3, -0.25) is 4.79 Å². The van der Waals surface area contributed by atoms with Crippen molar-refractivity contribution < 1.29 is 9.90 Å². The molecule has 1 aromatic rings. The van der Waals surface area contributed by atoms with Gasteiger partial charge in [0, 0.05) is 6.54 Å². The van der Waals surface area contributed by atoms with Crippen LogP contribution in [0.25, 0.3) is 0 Å². The van der Waals surface area contributed by atoms with Crippen molar-refractivity contribution in [2.75, 3.05) is 17.6 Å². The third-order valence-corrected chi connectivity index (χ3v) is 1.50.